The number of aliphatic imine (C=N–C) groups is 1. The monoisotopic (exact) mass is 299 g/mol. The first-order valence-corrected chi connectivity index (χ1v) is 7.14. The van der Waals surface area contributed by atoms with Crippen molar-refractivity contribution in [2.24, 2.45) is 16.5 Å². The average molecular weight is 299 g/mol. The SMILES string of the molecule is NC(N)=NCc1ccc(NCCNCCS)c(S)c1. The van der Waals surface area contributed by atoms with E-state index < -0.39 is 0 Å². The molecule has 0 unspecified atom stereocenters. The molecule has 0 saturated heterocycles. The van der Waals surface area contributed by atoms with Gasteiger partial charge in [0.05, 0.1) is 6.54 Å². The van der Waals surface area contributed by atoms with E-state index in [2.05, 4.69) is 40.9 Å². The van der Waals surface area contributed by atoms with Crippen molar-refractivity contribution in [2.45, 2.75) is 11.4 Å². The van der Waals surface area contributed by atoms with Crippen molar-refractivity contribution < 1.29 is 0 Å². The Morgan fingerprint density at radius 2 is 2.00 bits per heavy atom. The standard InChI is InChI=1S/C12H21N5S2/c13-12(14)17-8-9-1-2-10(11(19)7-9)16-4-3-15-5-6-18/h1-2,7,15-16,18-19H,3-6,8H2,(H4,13,14,17). The third kappa shape index (κ3) is 6.60. The molecule has 0 atom stereocenters. The maximum Gasteiger partial charge on any atom is 0.186 e. The maximum absolute atomic E-state index is 5.30. The van der Waals surface area contributed by atoms with Crippen LogP contribution < -0.4 is 22.1 Å². The second-order valence-corrected chi connectivity index (χ2v) is 4.92. The van der Waals surface area contributed by atoms with Crippen LogP contribution in [0.15, 0.2) is 28.1 Å². The minimum absolute atomic E-state index is 0.0955. The molecule has 0 heterocycles. The fourth-order valence-corrected chi connectivity index (χ4v) is 1.97. The van der Waals surface area contributed by atoms with Crippen molar-refractivity contribution in [1.29, 1.82) is 0 Å². The minimum atomic E-state index is 0.0955. The molecule has 0 aliphatic heterocycles. The molecule has 106 valence electrons. The van der Waals surface area contributed by atoms with Crippen LogP contribution in [0, 0.1) is 0 Å². The Hall–Kier alpha value is -1.05. The van der Waals surface area contributed by atoms with Crippen molar-refractivity contribution in [3.05, 3.63) is 23.8 Å². The Balaban J connectivity index is 2.45. The number of hydrogen-bond donors (Lipinski definition) is 6. The van der Waals surface area contributed by atoms with Crippen LogP contribution in [0.3, 0.4) is 0 Å². The Labute approximate surface area is 125 Å². The van der Waals surface area contributed by atoms with Crippen molar-refractivity contribution >= 4 is 36.9 Å². The summed E-state index contributed by atoms with van der Waals surface area (Å²) in [6.45, 7) is 3.12. The van der Waals surface area contributed by atoms with Gasteiger partial charge in [-0.1, -0.05) is 6.07 Å². The van der Waals surface area contributed by atoms with Gasteiger partial charge >= 0.3 is 0 Å². The van der Waals surface area contributed by atoms with Gasteiger partial charge in [-0.15, -0.1) is 12.6 Å². The topological polar surface area (TPSA) is 88.5 Å². The molecule has 7 heteroatoms. The van der Waals surface area contributed by atoms with Gasteiger partial charge in [-0.05, 0) is 17.7 Å². The number of benzene rings is 1. The summed E-state index contributed by atoms with van der Waals surface area (Å²) < 4.78 is 0. The molecular weight excluding hydrogens is 278 g/mol. The molecule has 1 aromatic rings. The second-order valence-electron chi connectivity index (χ2n) is 3.99. The summed E-state index contributed by atoms with van der Waals surface area (Å²) in [6.07, 6.45) is 0. The predicted molar refractivity (Wildman–Crippen MR) is 88.4 cm³/mol. The quantitative estimate of drug-likeness (QED) is 0.184. The lowest BCUT2D eigenvalue weighted by atomic mass is 10.2. The molecular formula is C12H21N5S2. The number of thiol groups is 2. The summed E-state index contributed by atoms with van der Waals surface area (Å²) in [5.74, 6) is 0.940. The zero-order valence-corrected chi connectivity index (χ0v) is 12.6. The molecule has 6 N–H and O–H groups in total. The van der Waals surface area contributed by atoms with Gasteiger partial charge in [0, 0.05) is 36.0 Å². The first-order chi connectivity index (χ1) is 9.13. The lowest BCUT2D eigenvalue weighted by Gasteiger charge is -2.10. The highest BCUT2D eigenvalue weighted by molar-refractivity contribution is 7.80. The maximum atomic E-state index is 5.30. The predicted octanol–water partition coefficient (Wildman–Crippen LogP) is 0.680. The van der Waals surface area contributed by atoms with E-state index in [9.17, 15) is 0 Å². The van der Waals surface area contributed by atoms with Crippen molar-refractivity contribution in [1.82, 2.24) is 5.32 Å². The van der Waals surface area contributed by atoms with Crippen LogP contribution in [0.25, 0.3) is 0 Å². The van der Waals surface area contributed by atoms with E-state index in [1.165, 1.54) is 0 Å². The Morgan fingerprint density at radius 1 is 1.21 bits per heavy atom. The second kappa shape index (κ2) is 8.95. The molecule has 0 bridgehead atoms. The number of rotatable bonds is 8. The fraction of sp³-hybridized carbons (Fsp3) is 0.417. The summed E-state index contributed by atoms with van der Waals surface area (Å²) in [6, 6.07) is 5.92. The van der Waals surface area contributed by atoms with Gasteiger partial charge in [0.2, 0.25) is 0 Å². The normalized spacial score (nSPS) is 10.2. The average Bonchev–Trinajstić information content (AvgIpc) is 2.38. The molecule has 0 saturated carbocycles. The van der Waals surface area contributed by atoms with Gasteiger partial charge in [0.1, 0.15) is 0 Å². The number of guanidine groups is 1. The van der Waals surface area contributed by atoms with E-state index >= 15 is 0 Å². The summed E-state index contributed by atoms with van der Waals surface area (Å²) >= 11 is 8.58. The fourth-order valence-electron chi connectivity index (χ4n) is 1.50. The number of nitrogens with two attached hydrogens (primary N) is 2. The third-order valence-electron chi connectivity index (χ3n) is 2.41. The van der Waals surface area contributed by atoms with Crippen molar-refractivity contribution in [3.63, 3.8) is 0 Å². The van der Waals surface area contributed by atoms with Crippen molar-refractivity contribution in [3.8, 4) is 0 Å². The Kier molecular flexibility index (Phi) is 7.54. The van der Waals surface area contributed by atoms with Crippen LogP contribution in [-0.4, -0.2) is 31.3 Å². The van der Waals surface area contributed by atoms with E-state index in [0.29, 0.717) is 6.54 Å². The van der Waals surface area contributed by atoms with Gasteiger partial charge in [-0.2, -0.15) is 12.6 Å². The largest absolute Gasteiger partial charge is 0.383 e. The van der Waals surface area contributed by atoms with E-state index in [-0.39, 0.29) is 5.96 Å². The number of hydrogen-bond acceptors (Lipinski definition) is 5. The lowest BCUT2D eigenvalue weighted by Crippen LogP contribution is -2.24. The summed E-state index contributed by atoms with van der Waals surface area (Å²) in [5.41, 5.74) is 12.6. The van der Waals surface area contributed by atoms with Crippen LogP contribution >= 0.6 is 25.3 Å². The molecule has 0 aliphatic carbocycles. The molecule has 5 nitrogen and oxygen atoms in total. The van der Waals surface area contributed by atoms with Gasteiger partial charge in [0.15, 0.2) is 5.96 Å². The molecule has 1 aromatic carbocycles. The summed E-state index contributed by atoms with van der Waals surface area (Å²) in [7, 11) is 0. The molecule has 0 amide bonds. The molecule has 0 aromatic heterocycles. The van der Waals surface area contributed by atoms with Gasteiger partial charge in [-0.3, -0.25) is 0 Å². The third-order valence-corrected chi connectivity index (χ3v) is 3.01. The first-order valence-electron chi connectivity index (χ1n) is 6.06. The minimum Gasteiger partial charge on any atom is -0.383 e. The number of nitrogens with zero attached hydrogens (tertiary/aromatic N) is 1. The van der Waals surface area contributed by atoms with Gasteiger partial charge in [0.25, 0.3) is 0 Å². The van der Waals surface area contributed by atoms with Crippen LogP contribution in [0.2, 0.25) is 0 Å². The first kappa shape index (κ1) is 16.0. The molecule has 0 spiro atoms. The smallest absolute Gasteiger partial charge is 0.186 e. The highest BCUT2D eigenvalue weighted by Crippen LogP contribution is 2.21. The Bertz CT molecular complexity index is 419. The number of anilines is 1. The van der Waals surface area contributed by atoms with E-state index in [1.807, 2.05) is 18.2 Å². The highest BCUT2D eigenvalue weighted by Gasteiger charge is 2.00. The van der Waals surface area contributed by atoms with Gasteiger partial charge < -0.3 is 22.1 Å². The molecule has 0 aliphatic rings. The van der Waals surface area contributed by atoms with E-state index in [0.717, 1.165) is 41.5 Å². The number of nitrogens with one attached hydrogen (secondary N) is 2. The zero-order chi connectivity index (χ0) is 14.1. The molecule has 0 radical (unpaired) electrons. The Morgan fingerprint density at radius 3 is 2.63 bits per heavy atom. The lowest BCUT2D eigenvalue weighted by molar-refractivity contribution is 0.744. The van der Waals surface area contributed by atoms with Crippen LogP contribution in [0.4, 0.5) is 5.69 Å². The molecule has 19 heavy (non-hydrogen) atoms. The van der Waals surface area contributed by atoms with Crippen LogP contribution in [-0.2, 0) is 6.54 Å². The summed E-state index contributed by atoms with van der Waals surface area (Å²) in [4.78, 5) is 4.85. The van der Waals surface area contributed by atoms with E-state index in [1.54, 1.807) is 0 Å². The van der Waals surface area contributed by atoms with Crippen LogP contribution in [0.5, 0.6) is 0 Å². The molecule has 1 rings (SSSR count). The van der Waals surface area contributed by atoms with Gasteiger partial charge in [-0.25, -0.2) is 4.99 Å². The molecule has 0 fully saturated rings. The van der Waals surface area contributed by atoms with Crippen molar-refractivity contribution in [2.75, 3.05) is 30.7 Å². The highest BCUT2D eigenvalue weighted by atomic mass is 32.1. The zero-order valence-electron chi connectivity index (χ0n) is 10.8. The van der Waals surface area contributed by atoms with E-state index in [4.69, 9.17) is 11.5 Å². The summed E-state index contributed by atoms with van der Waals surface area (Å²) in [5, 5.41) is 6.57. The van der Waals surface area contributed by atoms with Crippen LogP contribution in [0.1, 0.15) is 5.56 Å².